The van der Waals surface area contributed by atoms with E-state index in [1.165, 1.54) is 5.56 Å². The van der Waals surface area contributed by atoms with E-state index in [4.69, 9.17) is 9.72 Å². The summed E-state index contributed by atoms with van der Waals surface area (Å²) in [6.07, 6.45) is 0.901. The molecule has 0 bridgehead atoms. The lowest BCUT2D eigenvalue weighted by Crippen LogP contribution is -2.19. The van der Waals surface area contributed by atoms with Crippen molar-refractivity contribution in [3.8, 4) is 11.1 Å². The molecule has 0 radical (unpaired) electrons. The number of pyridine rings is 1. The molecule has 146 valence electrons. The van der Waals surface area contributed by atoms with Crippen molar-refractivity contribution < 1.29 is 14.6 Å². The monoisotopic (exact) mass is 379 g/mol. The topological polar surface area (TPSA) is 77.2 Å². The standard InChI is InChI=1S/C22H25N3O3/c1-5-28-20(22(26)27)17-14(4)23-21-19(25-10-6-7-16(25)24-21)18(17)15-9-8-12(2)13(3)11-15/h8-9,11,20H,5-7,10H2,1-4H3,(H,26,27). The molecule has 3 aromatic rings. The highest BCUT2D eigenvalue weighted by atomic mass is 16.5. The van der Waals surface area contributed by atoms with Gasteiger partial charge < -0.3 is 14.4 Å². The molecule has 0 saturated heterocycles. The van der Waals surface area contributed by atoms with Crippen LogP contribution >= 0.6 is 0 Å². The van der Waals surface area contributed by atoms with Crippen molar-refractivity contribution in [2.75, 3.05) is 6.61 Å². The van der Waals surface area contributed by atoms with Crippen molar-refractivity contribution in [1.29, 1.82) is 0 Å². The summed E-state index contributed by atoms with van der Waals surface area (Å²) in [4.78, 5) is 21.5. The maximum atomic E-state index is 12.1. The summed E-state index contributed by atoms with van der Waals surface area (Å²) in [5.41, 5.74) is 7.10. The van der Waals surface area contributed by atoms with E-state index in [-0.39, 0.29) is 0 Å². The van der Waals surface area contributed by atoms with Crippen molar-refractivity contribution in [2.45, 2.75) is 53.2 Å². The summed E-state index contributed by atoms with van der Waals surface area (Å²) < 4.78 is 7.86. The maximum Gasteiger partial charge on any atom is 0.337 e. The molecule has 1 aliphatic rings. The fourth-order valence-electron chi connectivity index (χ4n) is 4.12. The summed E-state index contributed by atoms with van der Waals surface area (Å²) >= 11 is 0. The van der Waals surface area contributed by atoms with Gasteiger partial charge in [-0.15, -0.1) is 0 Å². The molecule has 1 aliphatic heterocycles. The zero-order valence-electron chi connectivity index (χ0n) is 16.7. The lowest BCUT2D eigenvalue weighted by atomic mass is 9.92. The number of carbonyl (C=O) groups is 1. The molecule has 1 aromatic carbocycles. The molecule has 0 amide bonds. The molecule has 0 fully saturated rings. The zero-order chi connectivity index (χ0) is 20.0. The Balaban J connectivity index is 2.11. The molecule has 3 heterocycles. The molecule has 0 aliphatic carbocycles. The Morgan fingerprint density at radius 2 is 2.04 bits per heavy atom. The van der Waals surface area contributed by atoms with Crippen LogP contribution in [0.1, 0.15) is 47.7 Å². The van der Waals surface area contributed by atoms with Crippen molar-refractivity contribution >= 4 is 17.1 Å². The first kappa shape index (κ1) is 18.6. The number of imidazole rings is 1. The first-order valence-electron chi connectivity index (χ1n) is 9.74. The van der Waals surface area contributed by atoms with Crippen molar-refractivity contribution in [3.05, 3.63) is 46.4 Å². The van der Waals surface area contributed by atoms with Crippen LogP contribution in [0.5, 0.6) is 0 Å². The van der Waals surface area contributed by atoms with Crippen LogP contribution in [0.3, 0.4) is 0 Å². The van der Waals surface area contributed by atoms with Gasteiger partial charge in [0.15, 0.2) is 11.8 Å². The van der Waals surface area contributed by atoms with E-state index >= 15 is 0 Å². The average molecular weight is 379 g/mol. The molecular formula is C22H25N3O3. The number of aliphatic carboxylic acids is 1. The molecule has 1 unspecified atom stereocenters. The number of aryl methyl sites for hydroxylation is 5. The summed E-state index contributed by atoms with van der Waals surface area (Å²) in [6.45, 7) is 8.99. The van der Waals surface area contributed by atoms with E-state index in [2.05, 4.69) is 41.6 Å². The maximum absolute atomic E-state index is 12.1. The molecular weight excluding hydrogens is 354 g/mol. The predicted molar refractivity (Wildman–Crippen MR) is 107 cm³/mol. The molecule has 2 aromatic heterocycles. The molecule has 0 spiro atoms. The highest BCUT2D eigenvalue weighted by molar-refractivity contribution is 5.96. The number of fused-ring (bicyclic) bond motifs is 3. The number of carboxylic acid groups (broad SMARTS) is 1. The van der Waals surface area contributed by atoms with Gasteiger partial charge in [0, 0.05) is 36.4 Å². The minimum Gasteiger partial charge on any atom is -0.479 e. The van der Waals surface area contributed by atoms with Crippen molar-refractivity contribution in [2.24, 2.45) is 0 Å². The Labute approximate surface area is 164 Å². The fraction of sp³-hybridized carbons (Fsp3) is 0.409. The lowest BCUT2D eigenvalue weighted by Gasteiger charge is -2.21. The number of carboxylic acids is 1. The molecule has 4 rings (SSSR count). The second kappa shape index (κ2) is 7.02. The minimum atomic E-state index is -1.06. The molecule has 1 atom stereocenters. The summed E-state index contributed by atoms with van der Waals surface area (Å²) in [5, 5.41) is 9.89. The molecule has 6 nitrogen and oxygen atoms in total. The van der Waals surface area contributed by atoms with Gasteiger partial charge in [-0.1, -0.05) is 18.2 Å². The van der Waals surface area contributed by atoms with Gasteiger partial charge in [0.25, 0.3) is 0 Å². The Morgan fingerprint density at radius 1 is 1.25 bits per heavy atom. The van der Waals surface area contributed by atoms with Gasteiger partial charge in [-0.05, 0) is 50.8 Å². The van der Waals surface area contributed by atoms with Crippen LogP contribution in [-0.4, -0.2) is 32.2 Å². The number of ether oxygens (including phenoxy) is 1. The summed E-state index contributed by atoms with van der Waals surface area (Å²) in [7, 11) is 0. The van der Waals surface area contributed by atoms with Crippen LogP contribution in [-0.2, 0) is 22.5 Å². The number of nitrogens with zero attached hydrogens (tertiary/aromatic N) is 3. The largest absolute Gasteiger partial charge is 0.479 e. The van der Waals surface area contributed by atoms with Gasteiger partial charge >= 0.3 is 5.97 Å². The zero-order valence-corrected chi connectivity index (χ0v) is 16.7. The Kier molecular flexibility index (Phi) is 4.67. The van der Waals surface area contributed by atoms with Crippen LogP contribution < -0.4 is 0 Å². The van der Waals surface area contributed by atoms with Gasteiger partial charge in [0.05, 0.1) is 5.52 Å². The Morgan fingerprint density at radius 3 is 2.71 bits per heavy atom. The van der Waals surface area contributed by atoms with Gasteiger partial charge in [0.1, 0.15) is 5.82 Å². The Hall–Kier alpha value is -2.73. The third-order valence-corrected chi connectivity index (χ3v) is 5.60. The second-order valence-electron chi connectivity index (χ2n) is 7.41. The Bertz CT molecular complexity index is 1080. The third-order valence-electron chi connectivity index (χ3n) is 5.60. The van der Waals surface area contributed by atoms with Crippen molar-refractivity contribution in [1.82, 2.24) is 14.5 Å². The van der Waals surface area contributed by atoms with Crippen LogP contribution in [0.4, 0.5) is 0 Å². The number of rotatable bonds is 5. The fourth-order valence-corrected chi connectivity index (χ4v) is 4.12. The summed E-state index contributed by atoms with van der Waals surface area (Å²) in [5.74, 6) is 0.0183. The van der Waals surface area contributed by atoms with Crippen LogP contribution in [0, 0.1) is 20.8 Å². The molecule has 0 saturated carbocycles. The van der Waals surface area contributed by atoms with E-state index in [0.29, 0.717) is 23.5 Å². The van der Waals surface area contributed by atoms with E-state index in [1.54, 1.807) is 0 Å². The van der Waals surface area contributed by atoms with Gasteiger partial charge in [-0.3, -0.25) is 0 Å². The molecule has 1 N–H and O–H groups in total. The van der Waals surface area contributed by atoms with Crippen molar-refractivity contribution in [3.63, 3.8) is 0 Å². The first-order chi connectivity index (χ1) is 13.4. The molecule has 6 heteroatoms. The number of benzene rings is 1. The number of aromatic nitrogens is 3. The highest BCUT2D eigenvalue weighted by Gasteiger charge is 2.31. The lowest BCUT2D eigenvalue weighted by molar-refractivity contribution is -0.150. The van der Waals surface area contributed by atoms with E-state index in [0.717, 1.165) is 47.4 Å². The molecule has 28 heavy (non-hydrogen) atoms. The van der Waals surface area contributed by atoms with E-state index in [1.807, 2.05) is 13.8 Å². The normalized spacial score (nSPS) is 14.4. The second-order valence-corrected chi connectivity index (χ2v) is 7.41. The van der Waals surface area contributed by atoms with Gasteiger partial charge in [-0.2, -0.15) is 0 Å². The van der Waals surface area contributed by atoms with Gasteiger partial charge in [0.2, 0.25) is 0 Å². The first-order valence-corrected chi connectivity index (χ1v) is 9.74. The van der Waals surface area contributed by atoms with E-state index < -0.39 is 12.1 Å². The minimum absolute atomic E-state index is 0.311. The smallest absolute Gasteiger partial charge is 0.337 e. The number of hydrogen-bond donors (Lipinski definition) is 1. The predicted octanol–water partition coefficient (Wildman–Crippen LogP) is 4.13. The highest BCUT2D eigenvalue weighted by Crippen LogP contribution is 2.39. The third kappa shape index (κ3) is 2.88. The summed E-state index contributed by atoms with van der Waals surface area (Å²) in [6, 6.07) is 6.25. The van der Waals surface area contributed by atoms with Gasteiger partial charge in [-0.25, -0.2) is 14.8 Å². The van der Waals surface area contributed by atoms with Crippen LogP contribution in [0.15, 0.2) is 18.2 Å². The average Bonchev–Trinajstić information content (AvgIpc) is 3.22. The van der Waals surface area contributed by atoms with Crippen LogP contribution in [0.25, 0.3) is 22.3 Å². The van der Waals surface area contributed by atoms with Crippen LogP contribution in [0.2, 0.25) is 0 Å². The SMILES string of the molecule is CCOC(C(=O)O)c1c(C)nc2nc3n(c2c1-c1ccc(C)c(C)c1)CCC3. The quantitative estimate of drug-likeness (QED) is 0.721. The van der Waals surface area contributed by atoms with E-state index in [9.17, 15) is 9.90 Å². The number of hydrogen-bond acceptors (Lipinski definition) is 4.